The smallest absolute Gasteiger partial charge is 0.305 e. The first-order valence-corrected chi connectivity index (χ1v) is 7.54. The van der Waals surface area contributed by atoms with Crippen molar-refractivity contribution in [1.82, 2.24) is 5.32 Å². The molecule has 0 aromatic carbocycles. The van der Waals surface area contributed by atoms with Crippen LogP contribution in [0.4, 0.5) is 0 Å². The van der Waals surface area contributed by atoms with Crippen molar-refractivity contribution < 1.29 is 9.53 Å². The van der Waals surface area contributed by atoms with Gasteiger partial charge in [-0.2, -0.15) is 0 Å². The molecule has 0 saturated heterocycles. The summed E-state index contributed by atoms with van der Waals surface area (Å²) in [4.78, 5) is 11.1. The van der Waals surface area contributed by atoms with Crippen LogP contribution in [-0.4, -0.2) is 24.7 Å². The van der Waals surface area contributed by atoms with E-state index >= 15 is 0 Å². The van der Waals surface area contributed by atoms with Crippen LogP contribution in [0.1, 0.15) is 72.6 Å². The summed E-state index contributed by atoms with van der Waals surface area (Å²) in [5, 5.41) is 3.68. The number of rotatable bonds is 11. The summed E-state index contributed by atoms with van der Waals surface area (Å²) < 4.78 is 4.90. The van der Waals surface area contributed by atoms with Crippen LogP contribution in [0.25, 0.3) is 0 Å². The van der Waals surface area contributed by atoms with Gasteiger partial charge in [0.25, 0.3) is 0 Å². The standard InChI is InChI=1S/C15H31NO2/c1-5-15(6-2,7-3)16-13-11-9-10-12-14(17)18-8-4/h16H,5-13H2,1-4H3. The van der Waals surface area contributed by atoms with Crippen molar-refractivity contribution in [3.8, 4) is 0 Å². The highest BCUT2D eigenvalue weighted by Gasteiger charge is 2.21. The predicted octanol–water partition coefficient (Wildman–Crippen LogP) is 3.67. The van der Waals surface area contributed by atoms with Gasteiger partial charge in [0.15, 0.2) is 0 Å². The van der Waals surface area contributed by atoms with Gasteiger partial charge in [0, 0.05) is 12.0 Å². The van der Waals surface area contributed by atoms with Gasteiger partial charge in [-0.15, -0.1) is 0 Å². The number of hydrogen-bond acceptors (Lipinski definition) is 3. The Hall–Kier alpha value is -0.570. The van der Waals surface area contributed by atoms with Crippen molar-refractivity contribution in [3.05, 3.63) is 0 Å². The normalized spacial score (nSPS) is 11.6. The Labute approximate surface area is 113 Å². The van der Waals surface area contributed by atoms with Gasteiger partial charge in [-0.05, 0) is 45.6 Å². The van der Waals surface area contributed by atoms with E-state index in [4.69, 9.17) is 4.74 Å². The maximum atomic E-state index is 11.1. The van der Waals surface area contributed by atoms with Gasteiger partial charge < -0.3 is 10.1 Å². The molecule has 0 radical (unpaired) electrons. The van der Waals surface area contributed by atoms with E-state index in [0.717, 1.165) is 25.8 Å². The Morgan fingerprint density at radius 3 is 2.11 bits per heavy atom. The predicted molar refractivity (Wildman–Crippen MR) is 76.7 cm³/mol. The minimum absolute atomic E-state index is 0.0597. The highest BCUT2D eigenvalue weighted by molar-refractivity contribution is 5.69. The Morgan fingerprint density at radius 2 is 1.61 bits per heavy atom. The summed E-state index contributed by atoms with van der Waals surface area (Å²) in [5.41, 5.74) is 0.321. The van der Waals surface area contributed by atoms with Gasteiger partial charge >= 0.3 is 5.97 Å². The van der Waals surface area contributed by atoms with Crippen LogP contribution in [-0.2, 0) is 9.53 Å². The van der Waals surface area contributed by atoms with Crippen molar-refractivity contribution in [2.75, 3.05) is 13.2 Å². The number of unbranched alkanes of at least 4 members (excludes halogenated alkanes) is 2. The largest absolute Gasteiger partial charge is 0.466 e. The lowest BCUT2D eigenvalue weighted by Gasteiger charge is -2.32. The van der Waals surface area contributed by atoms with E-state index in [1.165, 1.54) is 19.3 Å². The maximum Gasteiger partial charge on any atom is 0.305 e. The Bertz CT molecular complexity index is 204. The second-order valence-corrected chi connectivity index (χ2v) is 4.88. The zero-order valence-corrected chi connectivity index (χ0v) is 12.7. The zero-order chi connectivity index (χ0) is 13.9. The number of ether oxygens (including phenoxy) is 1. The molecule has 0 fully saturated rings. The summed E-state index contributed by atoms with van der Waals surface area (Å²) >= 11 is 0. The van der Waals surface area contributed by atoms with Crippen molar-refractivity contribution in [1.29, 1.82) is 0 Å². The molecule has 0 saturated carbocycles. The Balaban J connectivity index is 3.58. The third-order valence-corrected chi connectivity index (χ3v) is 3.89. The molecule has 0 atom stereocenters. The molecule has 0 aliphatic heterocycles. The van der Waals surface area contributed by atoms with E-state index in [0.29, 0.717) is 18.6 Å². The van der Waals surface area contributed by atoms with Gasteiger partial charge in [-0.3, -0.25) is 4.79 Å². The van der Waals surface area contributed by atoms with Gasteiger partial charge in [-0.25, -0.2) is 0 Å². The second kappa shape index (κ2) is 10.4. The highest BCUT2D eigenvalue weighted by Crippen LogP contribution is 2.19. The van der Waals surface area contributed by atoms with Crippen molar-refractivity contribution in [2.24, 2.45) is 0 Å². The van der Waals surface area contributed by atoms with E-state index in [1.807, 2.05) is 6.92 Å². The number of hydrogen-bond donors (Lipinski definition) is 1. The summed E-state index contributed by atoms with van der Waals surface area (Å²) in [5.74, 6) is -0.0597. The molecule has 0 unspecified atom stereocenters. The molecule has 18 heavy (non-hydrogen) atoms. The summed E-state index contributed by atoms with van der Waals surface area (Å²) in [6.07, 6.45) is 7.29. The topological polar surface area (TPSA) is 38.3 Å². The molecule has 1 N–H and O–H groups in total. The van der Waals surface area contributed by atoms with Crippen molar-refractivity contribution >= 4 is 5.97 Å². The van der Waals surface area contributed by atoms with Crippen molar-refractivity contribution in [3.63, 3.8) is 0 Å². The number of carbonyl (C=O) groups is 1. The molecule has 0 rings (SSSR count). The third kappa shape index (κ3) is 7.00. The SMILES string of the molecule is CCOC(=O)CCCCCNC(CC)(CC)CC. The minimum atomic E-state index is -0.0597. The van der Waals surface area contributed by atoms with Crippen LogP contribution in [0.15, 0.2) is 0 Å². The molecule has 0 aliphatic carbocycles. The van der Waals surface area contributed by atoms with Gasteiger partial charge in [0.05, 0.1) is 6.61 Å². The average molecular weight is 257 g/mol. The van der Waals surface area contributed by atoms with E-state index in [9.17, 15) is 4.79 Å². The fourth-order valence-corrected chi connectivity index (χ4v) is 2.28. The minimum Gasteiger partial charge on any atom is -0.466 e. The maximum absolute atomic E-state index is 11.1. The van der Waals surface area contributed by atoms with E-state index in [1.54, 1.807) is 0 Å². The first-order chi connectivity index (χ1) is 8.64. The van der Waals surface area contributed by atoms with Crippen LogP contribution >= 0.6 is 0 Å². The molecule has 0 aliphatic rings. The number of carbonyl (C=O) groups excluding carboxylic acids is 1. The summed E-state index contributed by atoms with van der Waals surface area (Å²) in [6, 6.07) is 0. The van der Waals surface area contributed by atoms with E-state index < -0.39 is 0 Å². The lowest BCUT2D eigenvalue weighted by atomic mass is 9.89. The zero-order valence-electron chi connectivity index (χ0n) is 12.7. The molecular weight excluding hydrogens is 226 g/mol. The molecule has 3 heteroatoms. The van der Waals surface area contributed by atoms with E-state index in [2.05, 4.69) is 26.1 Å². The number of nitrogens with one attached hydrogen (secondary N) is 1. The Morgan fingerprint density at radius 1 is 1.00 bits per heavy atom. The molecule has 3 nitrogen and oxygen atoms in total. The quantitative estimate of drug-likeness (QED) is 0.453. The first-order valence-electron chi connectivity index (χ1n) is 7.54. The third-order valence-electron chi connectivity index (χ3n) is 3.89. The second-order valence-electron chi connectivity index (χ2n) is 4.88. The molecule has 0 bridgehead atoms. The lowest BCUT2D eigenvalue weighted by molar-refractivity contribution is -0.143. The van der Waals surface area contributed by atoms with Crippen LogP contribution < -0.4 is 5.32 Å². The molecule has 108 valence electrons. The van der Waals surface area contributed by atoms with E-state index in [-0.39, 0.29) is 5.97 Å². The summed E-state index contributed by atoms with van der Waals surface area (Å²) in [6.45, 7) is 10.1. The van der Waals surface area contributed by atoms with Gasteiger partial charge in [0.1, 0.15) is 0 Å². The molecule has 0 spiro atoms. The van der Waals surface area contributed by atoms with Crippen molar-refractivity contribution in [2.45, 2.75) is 78.2 Å². The van der Waals surface area contributed by atoms with Gasteiger partial charge in [0.2, 0.25) is 0 Å². The fourth-order valence-electron chi connectivity index (χ4n) is 2.28. The summed E-state index contributed by atoms with van der Waals surface area (Å²) in [7, 11) is 0. The fraction of sp³-hybridized carbons (Fsp3) is 0.933. The lowest BCUT2D eigenvalue weighted by Crippen LogP contribution is -2.44. The number of esters is 1. The van der Waals surface area contributed by atoms with Crippen LogP contribution in [0, 0.1) is 0 Å². The molecule has 0 aromatic rings. The highest BCUT2D eigenvalue weighted by atomic mass is 16.5. The molecule has 0 amide bonds. The first kappa shape index (κ1) is 17.4. The Kier molecular flexibility index (Phi) is 10.0. The molecular formula is C15H31NO2. The van der Waals surface area contributed by atoms with Crippen LogP contribution in [0.2, 0.25) is 0 Å². The van der Waals surface area contributed by atoms with Crippen LogP contribution in [0.5, 0.6) is 0 Å². The monoisotopic (exact) mass is 257 g/mol. The molecule has 0 heterocycles. The van der Waals surface area contributed by atoms with Crippen LogP contribution in [0.3, 0.4) is 0 Å². The average Bonchev–Trinajstić information content (AvgIpc) is 2.39. The van der Waals surface area contributed by atoms with Gasteiger partial charge in [-0.1, -0.05) is 27.2 Å². The molecule has 0 aromatic heterocycles.